The minimum atomic E-state index is -0.0785. The Kier molecular flexibility index (Phi) is 5.45. The lowest BCUT2D eigenvalue weighted by Crippen LogP contribution is -2.26. The quantitative estimate of drug-likeness (QED) is 0.485. The summed E-state index contributed by atoms with van der Waals surface area (Å²) >= 11 is 3.20. The fourth-order valence-electron chi connectivity index (χ4n) is 2.69. The summed E-state index contributed by atoms with van der Waals surface area (Å²) in [5.74, 6) is 1.50. The van der Waals surface area contributed by atoms with E-state index < -0.39 is 0 Å². The van der Waals surface area contributed by atoms with Crippen molar-refractivity contribution >= 4 is 34.7 Å². The highest BCUT2D eigenvalue weighted by atomic mass is 32.2. The molecule has 3 heterocycles. The molecule has 8 heteroatoms. The van der Waals surface area contributed by atoms with Gasteiger partial charge in [-0.05, 0) is 24.3 Å². The van der Waals surface area contributed by atoms with Crippen LogP contribution in [0.25, 0.3) is 5.65 Å². The van der Waals surface area contributed by atoms with Gasteiger partial charge in [0.2, 0.25) is 0 Å². The number of aromatic nitrogens is 4. The number of nitrogens with zero attached hydrogens (tertiary/aromatic N) is 4. The molecule has 0 aliphatic heterocycles. The first-order valence-electron chi connectivity index (χ1n) is 8.47. The molecule has 0 aliphatic carbocycles. The first-order valence-corrected chi connectivity index (χ1v) is 10.4. The zero-order valence-electron chi connectivity index (χ0n) is 14.4. The van der Waals surface area contributed by atoms with Crippen LogP contribution in [0.2, 0.25) is 0 Å². The van der Waals surface area contributed by atoms with Gasteiger partial charge in [-0.1, -0.05) is 18.2 Å². The van der Waals surface area contributed by atoms with Crippen LogP contribution in [-0.4, -0.2) is 32.0 Å². The average Bonchev–Trinajstić information content (AvgIpc) is 3.37. The van der Waals surface area contributed by atoms with E-state index >= 15 is 0 Å². The van der Waals surface area contributed by atoms with Crippen LogP contribution in [0.1, 0.15) is 21.9 Å². The molecule has 0 aliphatic rings. The Bertz CT molecular complexity index is 1050. The second-order valence-electron chi connectivity index (χ2n) is 5.82. The highest BCUT2D eigenvalue weighted by Crippen LogP contribution is 2.26. The van der Waals surface area contributed by atoms with E-state index in [-0.39, 0.29) is 5.91 Å². The van der Waals surface area contributed by atoms with Crippen LogP contribution in [0.3, 0.4) is 0 Å². The van der Waals surface area contributed by atoms with E-state index in [0.29, 0.717) is 18.5 Å². The molecule has 136 valence electrons. The van der Waals surface area contributed by atoms with Gasteiger partial charge in [0.25, 0.3) is 5.91 Å². The number of amides is 1. The number of nitrogens with one attached hydrogen (secondary N) is 1. The molecule has 0 fully saturated rings. The maximum Gasteiger partial charge on any atom is 0.252 e. The number of rotatable bonds is 7. The molecule has 1 amide bonds. The van der Waals surface area contributed by atoms with Crippen LogP contribution < -0.4 is 5.32 Å². The zero-order chi connectivity index (χ0) is 18.5. The second-order valence-corrected chi connectivity index (χ2v) is 7.55. The summed E-state index contributed by atoms with van der Waals surface area (Å²) in [4.78, 5) is 17.9. The molecule has 0 bridgehead atoms. The number of thioether (sulfide) groups is 1. The van der Waals surface area contributed by atoms with E-state index in [4.69, 9.17) is 0 Å². The lowest BCUT2D eigenvalue weighted by atomic mass is 10.2. The number of thiazole rings is 1. The molecule has 4 rings (SSSR count). The lowest BCUT2D eigenvalue weighted by Gasteiger charge is -2.09. The van der Waals surface area contributed by atoms with E-state index in [2.05, 4.69) is 20.5 Å². The number of hydrogen-bond donors (Lipinski definition) is 1. The summed E-state index contributed by atoms with van der Waals surface area (Å²) in [6, 6.07) is 13.4. The SMILES string of the molecule is O=C(NCCc1nnc2ccccn12)c1ccccc1SCc1cscn1. The summed E-state index contributed by atoms with van der Waals surface area (Å²) in [7, 11) is 0. The van der Waals surface area contributed by atoms with Crippen molar-refractivity contribution in [2.24, 2.45) is 0 Å². The molecule has 3 aromatic heterocycles. The van der Waals surface area contributed by atoms with Gasteiger partial charge in [0.05, 0.1) is 16.8 Å². The molecule has 27 heavy (non-hydrogen) atoms. The molecule has 0 saturated heterocycles. The van der Waals surface area contributed by atoms with Crippen molar-refractivity contribution in [2.45, 2.75) is 17.1 Å². The minimum absolute atomic E-state index is 0.0785. The van der Waals surface area contributed by atoms with Crippen molar-refractivity contribution in [2.75, 3.05) is 6.54 Å². The summed E-state index contributed by atoms with van der Waals surface area (Å²) in [5, 5.41) is 13.3. The highest BCUT2D eigenvalue weighted by molar-refractivity contribution is 7.98. The molecule has 6 nitrogen and oxygen atoms in total. The van der Waals surface area contributed by atoms with Gasteiger partial charge < -0.3 is 5.32 Å². The summed E-state index contributed by atoms with van der Waals surface area (Å²) in [5.41, 5.74) is 4.34. The number of hydrogen-bond acceptors (Lipinski definition) is 6. The standard InChI is InChI=1S/C19H17N5OS2/c25-19(20-9-8-18-23-22-17-7-3-4-10-24(17)18)15-5-1-2-6-16(15)27-12-14-11-26-13-21-14/h1-7,10-11,13H,8-9,12H2,(H,20,25). The van der Waals surface area contributed by atoms with Crippen molar-refractivity contribution in [3.05, 3.63) is 76.6 Å². The number of carbonyl (C=O) groups excluding carboxylic acids is 1. The Labute approximate surface area is 164 Å². The van der Waals surface area contributed by atoms with Crippen molar-refractivity contribution in [3.8, 4) is 0 Å². The monoisotopic (exact) mass is 395 g/mol. The smallest absolute Gasteiger partial charge is 0.252 e. The van der Waals surface area contributed by atoms with Crippen LogP contribution in [0, 0.1) is 0 Å². The maximum atomic E-state index is 12.6. The normalized spacial score (nSPS) is 11.0. The average molecular weight is 396 g/mol. The van der Waals surface area contributed by atoms with Crippen LogP contribution in [-0.2, 0) is 12.2 Å². The van der Waals surface area contributed by atoms with Crippen molar-refractivity contribution in [1.82, 2.24) is 24.9 Å². The third-order valence-electron chi connectivity index (χ3n) is 4.01. The van der Waals surface area contributed by atoms with Crippen LogP contribution in [0.15, 0.2) is 64.4 Å². The first-order chi connectivity index (χ1) is 13.3. The van der Waals surface area contributed by atoms with Crippen LogP contribution in [0.5, 0.6) is 0 Å². The number of benzene rings is 1. The maximum absolute atomic E-state index is 12.6. The molecular formula is C19H17N5OS2. The summed E-state index contributed by atoms with van der Waals surface area (Å²) in [6.45, 7) is 0.500. The summed E-state index contributed by atoms with van der Waals surface area (Å²) < 4.78 is 1.93. The van der Waals surface area contributed by atoms with E-state index in [1.807, 2.05) is 64.0 Å². The van der Waals surface area contributed by atoms with Gasteiger partial charge in [0.15, 0.2) is 5.65 Å². The van der Waals surface area contributed by atoms with Gasteiger partial charge in [-0.2, -0.15) is 0 Å². The van der Waals surface area contributed by atoms with E-state index in [1.165, 1.54) is 0 Å². The van der Waals surface area contributed by atoms with Gasteiger partial charge in [0.1, 0.15) is 5.82 Å². The van der Waals surface area contributed by atoms with Crippen LogP contribution >= 0.6 is 23.1 Å². The Balaban J connectivity index is 1.38. The fraction of sp³-hybridized carbons (Fsp3) is 0.158. The molecular weight excluding hydrogens is 378 g/mol. The third-order valence-corrected chi connectivity index (χ3v) is 5.75. The van der Waals surface area contributed by atoms with Gasteiger partial charge in [0, 0.05) is 35.2 Å². The molecule has 4 aromatic rings. The molecule has 0 spiro atoms. The third kappa shape index (κ3) is 4.17. The van der Waals surface area contributed by atoms with Gasteiger partial charge in [-0.25, -0.2) is 4.98 Å². The Morgan fingerprint density at radius 2 is 2.04 bits per heavy atom. The van der Waals surface area contributed by atoms with E-state index in [1.54, 1.807) is 23.1 Å². The molecule has 0 unspecified atom stereocenters. The fourth-order valence-corrected chi connectivity index (χ4v) is 4.30. The topological polar surface area (TPSA) is 72.2 Å². The lowest BCUT2D eigenvalue weighted by molar-refractivity contribution is 0.0951. The van der Waals surface area contributed by atoms with Crippen molar-refractivity contribution in [1.29, 1.82) is 0 Å². The zero-order valence-corrected chi connectivity index (χ0v) is 16.0. The minimum Gasteiger partial charge on any atom is -0.352 e. The Morgan fingerprint density at radius 3 is 2.93 bits per heavy atom. The molecule has 1 aromatic carbocycles. The number of carbonyl (C=O) groups is 1. The number of fused-ring (bicyclic) bond motifs is 1. The van der Waals surface area contributed by atoms with Crippen LogP contribution in [0.4, 0.5) is 0 Å². The molecule has 1 N–H and O–H groups in total. The van der Waals surface area contributed by atoms with Crippen molar-refractivity contribution in [3.63, 3.8) is 0 Å². The van der Waals surface area contributed by atoms with Gasteiger partial charge in [-0.3, -0.25) is 9.20 Å². The highest BCUT2D eigenvalue weighted by Gasteiger charge is 2.12. The largest absolute Gasteiger partial charge is 0.352 e. The van der Waals surface area contributed by atoms with E-state index in [9.17, 15) is 4.79 Å². The predicted molar refractivity (Wildman–Crippen MR) is 107 cm³/mol. The molecule has 0 radical (unpaired) electrons. The summed E-state index contributed by atoms with van der Waals surface area (Å²) in [6.07, 6.45) is 2.54. The Hall–Kier alpha value is -2.71. The molecule has 0 saturated carbocycles. The van der Waals surface area contributed by atoms with Gasteiger partial charge >= 0.3 is 0 Å². The van der Waals surface area contributed by atoms with E-state index in [0.717, 1.165) is 27.8 Å². The number of pyridine rings is 1. The van der Waals surface area contributed by atoms with Crippen molar-refractivity contribution < 1.29 is 4.79 Å². The predicted octanol–water partition coefficient (Wildman–Crippen LogP) is 3.45. The second kappa shape index (κ2) is 8.32. The first kappa shape index (κ1) is 17.7. The molecule has 0 atom stereocenters. The van der Waals surface area contributed by atoms with Gasteiger partial charge in [-0.15, -0.1) is 33.3 Å². The Morgan fingerprint density at radius 1 is 1.15 bits per heavy atom.